The Kier molecular flexibility index (Phi) is 6.50. The van der Waals surface area contributed by atoms with Gasteiger partial charge in [-0.25, -0.2) is 0 Å². The third-order valence-electron chi connectivity index (χ3n) is 1.33. The number of ketones is 1. The lowest BCUT2D eigenvalue weighted by molar-refractivity contribution is -0.116. The van der Waals surface area contributed by atoms with Crippen LogP contribution in [0, 0.1) is 0 Å². The molecule has 0 aromatic carbocycles. The second-order valence-corrected chi connectivity index (χ2v) is 2.59. The fourth-order valence-electron chi connectivity index (χ4n) is 0.764. The third-order valence-corrected chi connectivity index (χ3v) is 1.33. The first-order chi connectivity index (χ1) is 4.77. The molecule has 0 aliphatic rings. The lowest BCUT2D eigenvalue weighted by Gasteiger charge is -1.99. The maximum atomic E-state index is 10.4. The predicted octanol–water partition coefficient (Wildman–Crippen LogP) is 1.36. The number of unbranched alkanes of at least 4 members (excludes halogenated alkanes) is 2. The molecular weight excluding hydrogens is 126 g/mol. The summed E-state index contributed by atoms with van der Waals surface area (Å²) < 4.78 is 0. The third kappa shape index (κ3) is 7.63. The van der Waals surface area contributed by atoms with Crippen molar-refractivity contribution in [2.45, 2.75) is 33.1 Å². The van der Waals surface area contributed by atoms with Crippen molar-refractivity contribution in [3.8, 4) is 0 Å². The SMILES string of the molecule is CCCCCNCC(C)=O. The summed E-state index contributed by atoms with van der Waals surface area (Å²) in [5, 5.41) is 3.07. The maximum Gasteiger partial charge on any atom is 0.143 e. The monoisotopic (exact) mass is 143 g/mol. The molecule has 0 unspecified atom stereocenters. The largest absolute Gasteiger partial charge is 0.310 e. The quantitative estimate of drug-likeness (QED) is 0.569. The zero-order chi connectivity index (χ0) is 7.82. The van der Waals surface area contributed by atoms with Gasteiger partial charge in [0.05, 0.1) is 6.54 Å². The van der Waals surface area contributed by atoms with Crippen molar-refractivity contribution in [2.75, 3.05) is 13.1 Å². The van der Waals surface area contributed by atoms with Crippen LogP contribution in [0.2, 0.25) is 0 Å². The van der Waals surface area contributed by atoms with Crippen molar-refractivity contribution >= 4 is 5.78 Å². The van der Waals surface area contributed by atoms with Crippen LogP contribution in [0.1, 0.15) is 33.1 Å². The van der Waals surface area contributed by atoms with E-state index in [1.54, 1.807) is 6.92 Å². The maximum absolute atomic E-state index is 10.4. The van der Waals surface area contributed by atoms with E-state index in [0.29, 0.717) is 6.54 Å². The van der Waals surface area contributed by atoms with E-state index in [-0.39, 0.29) is 5.78 Å². The lowest BCUT2D eigenvalue weighted by Crippen LogP contribution is -2.21. The smallest absolute Gasteiger partial charge is 0.143 e. The Balaban J connectivity index is 2.84. The van der Waals surface area contributed by atoms with Crippen LogP contribution in [0.3, 0.4) is 0 Å². The van der Waals surface area contributed by atoms with E-state index in [2.05, 4.69) is 12.2 Å². The van der Waals surface area contributed by atoms with Crippen LogP contribution in [0.25, 0.3) is 0 Å². The molecule has 0 aliphatic carbocycles. The highest BCUT2D eigenvalue weighted by molar-refractivity contribution is 5.77. The standard InChI is InChI=1S/C8H17NO/c1-3-4-5-6-9-7-8(2)10/h9H,3-7H2,1-2H3. The van der Waals surface area contributed by atoms with Gasteiger partial charge in [0.1, 0.15) is 5.78 Å². The van der Waals surface area contributed by atoms with E-state index in [1.165, 1.54) is 19.3 Å². The summed E-state index contributed by atoms with van der Waals surface area (Å²) in [6.07, 6.45) is 3.68. The molecule has 0 atom stereocenters. The molecule has 0 aromatic heterocycles. The van der Waals surface area contributed by atoms with Gasteiger partial charge in [-0.05, 0) is 19.9 Å². The average molecular weight is 143 g/mol. The Morgan fingerprint density at radius 3 is 2.60 bits per heavy atom. The fraction of sp³-hybridized carbons (Fsp3) is 0.875. The summed E-state index contributed by atoms with van der Waals surface area (Å²) in [6, 6.07) is 0. The highest BCUT2D eigenvalue weighted by atomic mass is 16.1. The summed E-state index contributed by atoms with van der Waals surface area (Å²) in [4.78, 5) is 10.4. The Labute approximate surface area is 63.0 Å². The van der Waals surface area contributed by atoms with Crippen molar-refractivity contribution in [1.82, 2.24) is 5.32 Å². The van der Waals surface area contributed by atoms with Crippen molar-refractivity contribution < 1.29 is 4.79 Å². The van der Waals surface area contributed by atoms with Gasteiger partial charge in [0.15, 0.2) is 0 Å². The molecule has 10 heavy (non-hydrogen) atoms. The molecule has 60 valence electrons. The molecule has 2 heteroatoms. The first-order valence-electron chi connectivity index (χ1n) is 3.97. The van der Waals surface area contributed by atoms with Crippen molar-refractivity contribution in [1.29, 1.82) is 0 Å². The molecule has 0 fully saturated rings. The van der Waals surface area contributed by atoms with Gasteiger partial charge < -0.3 is 5.32 Å². The molecule has 0 aliphatic heterocycles. The molecular formula is C8H17NO. The minimum atomic E-state index is 0.219. The summed E-state index contributed by atoms with van der Waals surface area (Å²) in [6.45, 7) is 5.29. The zero-order valence-corrected chi connectivity index (χ0v) is 6.94. The number of carbonyl (C=O) groups excluding carboxylic acids is 1. The van der Waals surface area contributed by atoms with E-state index in [1.807, 2.05) is 0 Å². The molecule has 0 spiro atoms. The molecule has 0 saturated heterocycles. The molecule has 2 nitrogen and oxygen atoms in total. The molecule has 0 heterocycles. The van der Waals surface area contributed by atoms with Gasteiger partial charge in [0.2, 0.25) is 0 Å². The zero-order valence-electron chi connectivity index (χ0n) is 6.94. The number of carbonyl (C=O) groups is 1. The minimum Gasteiger partial charge on any atom is -0.310 e. The number of Topliss-reactive ketones (excluding diaryl/α,β-unsaturated/α-hetero) is 1. The molecule has 0 radical (unpaired) electrons. The van der Waals surface area contributed by atoms with Gasteiger partial charge in [-0.15, -0.1) is 0 Å². The van der Waals surface area contributed by atoms with Crippen LogP contribution < -0.4 is 5.32 Å². The van der Waals surface area contributed by atoms with E-state index < -0.39 is 0 Å². The van der Waals surface area contributed by atoms with Gasteiger partial charge in [-0.1, -0.05) is 19.8 Å². The van der Waals surface area contributed by atoms with E-state index in [0.717, 1.165) is 6.54 Å². The van der Waals surface area contributed by atoms with Crippen molar-refractivity contribution in [2.24, 2.45) is 0 Å². The van der Waals surface area contributed by atoms with Crippen LogP contribution in [0.5, 0.6) is 0 Å². The second kappa shape index (κ2) is 6.75. The van der Waals surface area contributed by atoms with Crippen LogP contribution in [-0.4, -0.2) is 18.9 Å². The average Bonchev–Trinajstić information content (AvgIpc) is 1.87. The molecule has 0 rings (SSSR count). The Morgan fingerprint density at radius 2 is 2.10 bits per heavy atom. The number of rotatable bonds is 6. The first-order valence-corrected chi connectivity index (χ1v) is 3.97. The fourth-order valence-corrected chi connectivity index (χ4v) is 0.764. The Morgan fingerprint density at radius 1 is 1.40 bits per heavy atom. The molecule has 1 N–H and O–H groups in total. The normalized spacial score (nSPS) is 9.80. The van der Waals surface area contributed by atoms with Crippen molar-refractivity contribution in [3.63, 3.8) is 0 Å². The van der Waals surface area contributed by atoms with Crippen molar-refractivity contribution in [3.05, 3.63) is 0 Å². The summed E-state index contributed by atoms with van der Waals surface area (Å²) in [5.74, 6) is 0.219. The number of hydrogen-bond acceptors (Lipinski definition) is 2. The predicted molar refractivity (Wildman–Crippen MR) is 43.1 cm³/mol. The molecule has 0 aromatic rings. The summed E-state index contributed by atoms with van der Waals surface area (Å²) in [5.41, 5.74) is 0. The van der Waals surface area contributed by atoms with Crippen LogP contribution in [0.4, 0.5) is 0 Å². The van der Waals surface area contributed by atoms with Gasteiger partial charge >= 0.3 is 0 Å². The summed E-state index contributed by atoms with van der Waals surface area (Å²) in [7, 11) is 0. The van der Waals surface area contributed by atoms with Crippen LogP contribution >= 0.6 is 0 Å². The highest BCUT2D eigenvalue weighted by Gasteiger charge is 1.90. The summed E-state index contributed by atoms with van der Waals surface area (Å²) >= 11 is 0. The van der Waals surface area contributed by atoms with Crippen LogP contribution in [0.15, 0.2) is 0 Å². The van der Waals surface area contributed by atoms with Gasteiger partial charge in [0.25, 0.3) is 0 Å². The lowest BCUT2D eigenvalue weighted by atomic mass is 10.2. The Hall–Kier alpha value is -0.370. The van der Waals surface area contributed by atoms with E-state index >= 15 is 0 Å². The number of nitrogens with one attached hydrogen (secondary N) is 1. The molecule has 0 saturated carbocycles. The topological polar surface area (TPSA) is 29.1 Å². The number of hydrogen-bond donors (Lipinski definition) is 1. The molecule has 0 bridgehead atoms. The van der Waals surface area contributed by atoms with Gasteiger partial charge in [-0.2, -0.15) is 0 Å². The van der Waals surface area contributed by atoms with Crippen LogP contribution in [-0.2, 0) is 4.79 Å². The van der Waals surface area contributed by atoms with E-state index in [4.69, 9.17) is 0 Å². The van der Waals surface area contributed by atoms with Gasteiger partial charge in [-0.3, -0.25) is 4.79 Å². The Bertz CT molecular complexity index is 91.3. The minimum absolute atomic E-state index is 0.219. The van der Waals surface area contributed by atoms with Gasteiger partial charge in [0, 0.05) is 0 Å². The highest BCUT2D eigenvalue weighted by Crippen LogP contribution is 1.90. The molecule has 0 amide bonds. The second-order valence-electron chi connectivity index (χ2n) is 2.59. The first kappa shape index (κ1) is 9.63. The van der Waals surface area contributed by atoms with E-state index in [9.17, 15) is 4.79 Å².